The molecular formula is C20H23ClN4O2. The van der Waals surface area contributed by atoms with Gasteiger partial charge in [0.1, 0.15) is 0 Å². The van der Waals surface area contributed by atoms with Gasteiger partial charge < -0.3 is 15.5 Å². The Bertz CT molecular complexity index is 819. The third-order valence-corrected chi connectivity index (χ3v) is 4.61. The molecule has 2 N–H and O–H groups in total. The standard InChI is InChI=1S/C20H23ClN4O2/c1-15(26)22-17-5-3-6-18(13-17)23-20(27)14-24-8-10-25(11-9-24)19-7-2-4-16(21)12-19/h2-7,12-13H,8-11,14H2,1H3,(H,22,26)(H,23,27). The number of halogens is 1. The Morgan fingerprint density at radius 1 is 0.963 bits per heavy atom. The van der Waals surface area contributed by atoms with Gasteiger partial charge in [-0.15, -0.1) is 0 Å². The molecule has 0 unspecified atom stereocenters. The largest absolute Gasteiger partial charge is 0.369 e. The fraction of sp³-hybridized carbons (Fsp3) is 0.300. The molecule has 7 heteroatoms. The minimum atomic E-state index is -0.143. The van der Waals surface area contributed by atoms with Gasteiger partial charge in [0.15, 0.2) is 0 Å². The van der Waals surface area contributed by atoms with Crippen LogP contribution in [0.15, 0.2) is 48.5 Å². The molecular weight excluding hydrogens is 364 g/mol. The third kappa shape index (κ3) is 5.70. The predicted molar refractivity (Wildman–Crippen MR) is 109 cm³/mol. The summed E-state index contributed by atoms with van der Waals surface area (Å²) >= 11 is 6.06. The molecule has 1 aliphatic rings. The van der Waals surface area contributed by atoms with Gasteiger partial charge in [-0.1, -0.05) is 23.7 Å². The second-order valence-corrected chi connectivity index (χ2v) is 6.99. The second kappa shape index (κ2) is 8.88. The summed E-state index contributed by atoms with van der Waals surface area (Å²) in [5, 5.41) is 6.33. The molecule has 0 aliphatic carbocycles. The quantitative estimate of drug-likeness (QED) is 0.828. The van der Waals surface area contributed by atoms with E-state index in [0.717, 1.165) is 36.9 Å². The van der Waals surface area contributed by atoms with E-state index < -0.39 is 0 Å². The van der Waals surface area contributed by atoms with Gasteiger partial charge in [-0.3, -0.25) is 14.5 Å². The van der Waals surface area contributed by atoms with Gasteiger partial charge >= 0.3 is 0 Å². The van der Waals surface area contributed by atoms with E-state index >= 15 is 0 Å². The highest BCUT2D eigenvalue weighted by molar-refractivity contribution is 6.30. The Morgan fingerprint density at radius 2 is 1.63 bits per heavy atom. The zero-order valence-electron chi connectivity index (χ0n) is 15.2. The van der Waals surface area contributed by atoms with E-state index in [1.165, 1.54) is 6.92 Å². The molecule has 0 radical (unpaired) electrons. The monoisotopic (exact) mass is 386 g/mol. The second-order valence-electron chi connectivity index (χ2n) is 6.55. The van der Waals surface area contributed by atoms with Crippen molar-refractivity contribution in [2.45, 2.75) is 6.92 Å². The molecule has 27 heavy (non-hydrogen) atoms. The first-order chi connectivity index (χ1) is 13.0. The Balaban J connectivity index is 1.49. The number of amides is 2. The number of carbonyl (C=O) groups is 2. The summed E-state index contributed by atoms with van der Waals surface area (Å²) in [6.07, 6.45) is 0. The van der Waals surface area contributed by atoms with Crippen LogP contribution in [0.25, 0.3) is 0 Å². The fourth-order valence-electron chi connectivity index (χ4n) is 3.12. The van der Waals surface area contributed by atoms with Crippen molar-refractivity contribution in [3.63, 3.8) is 0 Å². The van der Waals surface area contributed by atoms with E-state index in [1.54, 1.807) is 24.3 Å². The van der Waals surface area contributed by atoms with Gasteiger partial charge in [0.2, 0.25) is 11.8 Å². The Morgan fingerprint density at radius 3 is 2.30 bits per heavy atom. The first kappa shape index (κ1) is 19.2. The van der Waals surface area contributed by atoms with E-state index in [9.17, 15) is 9.59 Å². The smallest absolute Gasteiger partial charge is 0.238 e. The average molecular weight is 387 g/mol. The zero-order valence-corrected chi connectivity index (χ0v) is 16.0. The highest BCUT2D eigenvalue weighted by atomic mass is 35.5. The topological polar surface area (TPSA) is 64.7 Å². The zero-order chi connectivity index (χ0) is 19.2. The summed E-state index contributed by atoms with van der Waals surface area (Å²) in [5.74, 6) is -0.206. The fourth-order valence-corrected chi connectivity index (χ4v) is 3.30. The Labute approximate surface area is 164 Å². The van der Waals surface area contributed by atoms with Gasteiger partial charge in [0.05, 0.1) is 6.54 Å². The predicted octanol–water partition coefficient (Wildman–Crippen LogP) is 3.06. The third-order valence-electron chi connectivity index (χ3n) is 4.38. The van der Waals surface area contributed by atoms with E-state index in [0.29, 0.717) is 17.9 Å². The van der Waals surface area contributed by atoms with Crippen LogP contribution in [-0.4, -0.2) is 49.4 Å². The van der Waals surface area contributed by atoms with Crippen molar-refractivity contribution in [2.24, 2.45) is 0 Å². The van der Waals surface area contributed by atoms with Crippen LogP contribution >= 0.6 is 11.6 Å². The SMILES string of the molecule is CC(=O)Nc1cccc(NC(=O)CN2CCN(c3cccc(Cl)c3)CC2)c1. The van der Waals surface area contributed by atoms with E-state index in [2.05, 4.69) is 26.5 Å². The highest BCUT2D eigenvalue weighted by Crippen LogP contribution is 2.21. The molecule has 2 amide bonds. The van der Waals surface area contributed by atoms with Crippen molar-refractivity contribution in [1.29, 1.82) is 0 Å². The van der Waals surface area contributed by atoms with Crippen molar-refractivity contribution < 1.29 is 9.59 Å². The van der Waals surface area contributed by atoms with Crippen molar-refractivity contribution in [2.75, 3.05) is 48.3 Å². The van der Waals surface area contributed by atoms with Crippen LogP contribution in [-0.2, 0) is 9.59 Å². The first-order valence-electron chi connectivity index (χ1n) is 8.90. The maximum absolute atomic E-state index is 12.3. The lowest BCUT2D eigenvalue weighted by Crippen LogP contribution is -2.48. The molecule has 1 fully saturated rings. The van der Waals surface area contributed by atoms with Crippen LogP contribution in [0.5, 0.6) is 0 Å². The number of rotatable bonds is 5. The summed E-state index contributed by atoms with van der Waals surface area (Å²) in [7, 11) is 0. The molecule has 2 aromatic carbocycles. The van der Waals surface area contributed by atoms with Crippen LogP contribution in [0.4, 0.5) is 17.1 Å². The summed E-state index contributed by atoms with van der Waals surface area (Å²) in [6, 6.07) is 15.0. The molecule has 0 atom stereocenters. The van der Waals surface area contributed by atoms with Crippen molar-refractivity contribution >= 4 is 40.5 Å². The number of piperazine rings is 1. The molecule has 0 bridgehead atoms. The Hall–Kier alpha value is -2.57. The van der Waals surface area contributed by atoms with Crippen LogP contribution in [0.3, 0.4) is 0 Å². The molecule has 1 heterocycles. The van der Waals surface area contributed by atoms with Crippen LogP contribution in [0.2, 0.25) is 5.02 Å². The maximum Gasteiger partial charge on any atom is 0.238 e. The molecule has 142 valence electrons. The number of nitrogens with one attached hydrogen (secondary N) is 2. The number of hydrogen-bond acceptors (Lipinski definition) is 4. The first-order valence-corrected chi connectivity index (χ1v) is 9.28. The van der Waals surface area contributed by atoms with Gasteiger partial charge in [-0.2, -0.15) is 0 Å². The van der Waals surface area contributed by atoms with E-state index in [4.69, 9.17) is 11.6 Å². The van der Waals surface area contributed by atoms with Crippen LogP contribution < -0.4 is 15.5 Å². The number of benzene rings is 2. The minimum Gasteiger partial charge on any atom is -0.369 e. The summed E-state index contributed by atoms with van der Waals surface area (Å²) in [6.45, 7) is 5.12. The van der Waals surface area contributed by atoms with Gasteiger partial charge in [0, 0.05) is 55.2 Å². The summed E-state index contributed by atoms with van der Waals surface area (Å²) in [5.41, 5.74) is 2.45. The molecule has 1 saturated heterocycles. The molecule has 0 aromatic heterocycles. The summed E-state index contributed by atoms with van der Waals surface area (Å²) in [4.78, 5) is 27.9. The average Bonchev–Trinajstić information content (AvgIpc) is 2.62. The van der Waals surface area contributed by atoms with Gasteiger partial charge in [-0.25, -0.2) is 0 Å². The number of anilines is 3. The minimum absolute atomic E-state index is 0.0637. The van der Waals surface area contributed by atoms with Gasteiger partial charge in [0.25, 0.3) is 0 Å². The van der Waals surface area contributed by atoms with Crippen molar-refractivity contribution in [3.8, 4) is 0 Å². The van der Waals surface area contributed by atoms with E-state index in [1.807, 2.05) is 18.2 Å². The van der Waals surface area contributed by atoms with Crippen molar-refractivity contribution in [3.05, 3.63) is 53.6 Å². The molecule has 6 nitrogen and oxygen atoms in total. The Kier molecular flexibility index (Phi) is 6.32. The molecule has 0 spiro atoms. The lowest BCUT2D eigenvalue weighted by Gasteiger charge is -2.35. The number of hydrogen-bond donors (Lipinski definition) is 2. The molecule has 2 aromatic rings. The highest BCUT2D eigenvalue weighted by Gasteiger charge is 2.19. The van der Waals surface area contributed by atoms with Gasteiger partial charge in [-0.05, 0) is 36.4 Å². The number of nitrogens with zero attached hydrogens (tertiary/aromatic N) is 2. The normalized spacial score (nSPS) is 14.7. The lowest BCUT2D eigenvalue weighted by molar-refractivity contribution is -0.117. The van der Waals surface area contributed by atoms with Crippen LogP contribution in [0.1, 0.15) is 6.92 Å². The molecule has 1 aliphatic heterocycles. The van der Waals surface area contributed by atoms with Crippen molar-refractivity contribution in [1.82, 2.24) is 4.90 Å². The van der Waals surface area contributed by atoms with E-state index in [-0.39, 0.29) is 11.8 Å². The molecule has 3 rings (SSSR count). The lowest BCUT2D eigenvalue weighted by atomic mass is 10.2. The number of carbonyl (C=O) groups excluding carboxylic acids is 2. The maximum atomic E-state index is 12.3. The summed E-state index contributed by atoms with van der Waals surface area (Å²) < 4.78 is 0. The molecule has 0 saturated carbocycles. The van der Waals surface area contributed by atoms with Crippen LogP contribution in [0, 0.1) is 0 Å².